The lowest BCUT2D eigenvalue weighted by atomic mass is 9.98. The summed E-state index contributed by atoms with van der Waals surface area (Å²) >= 11 is 0. The third kappa shape index (κ3) is 2.68. The van der Waals surface area contributed by atoms with E-state index in [2.05, 4.69) is 0 Å². The first-order valence-electron chi connectivity index (χ1n) is 12.6. The van der Waals surface area contributed by atoms with Crippen LogP contribution in [-0.4, -0.2) is 24.2 Å². The van der Waals surface area contributed by atoms with Crippen molar-refractivity contribution in [3.63, 3.8) is 0 Å². The molecule has 7 aromatic rings. The van der Waals surface area contributed by atoms with Crippen LogP contribution in [0.25, 0.3) is 65.2 Å². The van der Waals surface area contributed by atoms with Crippen LogP contribution in [0.2, 0.25) is 2.82 Å². The molecule has 0 aliphatic heterocycles. The van der Waals surface area contributed by atoms with Crippen molar-refractivity contribution in [2.45, 2.75) is 0 Å². The Morgan fingerprint density at radius 2 is 0.868 bits per heavy atom. The maximum Gasteiger partial charge on any atom is 0.198 e. The molecule has 184 valence electrons. The SMILES string of the molecule is [2H]n1c2cc(OC)c3c(=O)c4ccccc4c(=O)c3c2n([2H])c2cc(OC)c3c(=O)c4ccccc4c(=O)c3c21. The number of hydrogen-bond donors (Lipinski definition) is 2. The highest BCUT2D eigenvalue weighted by Gasteiger charge is 2.22. The predicted octanol–water partition coefficient (Wildman–Crippen LogP) is 4.16. The quantitative estimate of drug-likeness (QED) is 0.270. The molecule has 0 radical (unpaired) electrons. The lowest BCUT2D eigenvalue weighted by molar-refractivity contribution is 0.420. The summed E-state index contributed by atoms with van der Waals surface area (Å²) in [5.74, 6) is 0.0941. The van der Waals surface area contributed by atoms with Crippen molar-refractivity contribution in [3.8, 4) is 11.5 Å². The highest BCUT2D eigenvalue weighted by atomic mass is 16.5. The standard InChI is InChI=1S/C30H18N2O6/c1-37-19-11-17-25(23-21(19)27(33)13-7-3-5-9-15(13)29(23)35)32-18-12-20(38-2)22-24(26(18)31-17)30(36)16-10-6-4-8-14(16)28(22)34/h3-12,31-32H,1-2H3/i/hD2. The van der Waals surface area contributed by atoms with E-state index < -0.39 is 21.7 Å². The van der Waals surface area contributed by atoms with Gasteiger partial charge in [-0.3, -0.25) is 19.2 Å². The summed E-state index contributed by atoms with van der Waals surface area (Å²) in [5, 5.41) is 0.590. The second-order valence-electron chi connectivity index (χ2n) is 9.02. The Bertz CT molecular complexity index is 2340. The van der Waals surface area contributed by atoms with Crippen LogP contribution in [0, 0.1) is 0 Å². The van der Waals surface area contributed by atoms with Crippen molar-refractivity contribution in [1.29, 1.82) is 0 Å². The summed E-state index contributed by atoms with van der Waals surface area (Å²) in [7, 11) is 2.69. The van der Waals surface area contributed by atoms with Crippen molar-refractivity contribution in [3.05, 3.63) is 102 Å². The van der Waals surface area contributed by atoms with Gasteiger partial charge in [-0.2, -0.15) is 0 Å². The first-order chi connectivity index (χ1) is 19.3. The molecule has 38 heavy (non-hydrogen) atoms. The molecule has 0 bridgehead atoms. The topological polar surface area (TPSA) is 118 Å². The van der Waals surface area contributed by atoms with E-state index in [-0.39, 0.29) is 76.7 Å². The first kappa shape index (κ1) is 19.9. The molecule has 0 saturated heterocycles. The summed E-state index contributed by atoms with van der Waals surface area (Å²) in [6.07, 6.45) is 0. The number of ether oxygens (including phenoxy) is 2. The Hall–Kier alpha value is -5.24. The number of aromatic nitrogens is 2. The smallest absolute Gasteiger partial charge is 0.198 e. The third-order valence-electron chi connectivity index (χ3n) is 7.13. The second-order valence-corrected chi connectivity index (χ2v) is 9.02. The lowest BCUT2D eigenvalue weighted by Crippen LogP contribution is -2.16. The van der Waals surface area contributed by atoms with Crippen molar-refractivity contribution in [1.82, 2.24) is 9.95 Å². The fourth-order valence-electron chi connectivity index (χ4n) is 5.42. The maximum atomic E-state index is 13.8. The van der Waals surface area contributed by atoms with Crippen LogP contribution in [0.3, 0.4) is 0 Å². The lowest BCUT2D eigenvalue weighted by Gasteiger charge is -2.14. The van der Waals surface area contributed by atoms with Crippen molar-refractivity contribution >= 4 is 65.2 Å². The molecule has 1 aromatic heterocycles. The summed E-state index contributed by atoms with van der Waals surface area (Å²) in [4.78, 5) is 56.6. The van der Waals surface area contributed by atoms with Gasteiger partial charge in [0, 0.05) is 33.7 Å². The zero-order chi connectivity index (χ0) is 28.0. The number of hydrogen-bond acceptors (Lipinski definition) is 6. The number of benzene rings is 6. The van der Waals surface area contributed by atoms with E-state index in [1.165, 1.54) is 38.5 Å². The molecule has 0 amide bonds. The van der Waals surface area contributed by atoms with E-state index in [1.54, 1.807) is 36.4 Å². The summed E-state index contributed by atoms with van der Waals surface area (Å²) in [6, 6.07) is 15.6. The predicted molar refractivity (Wildman–Crippen MR) is 150 cm³/mol. The second kappa shape index (κ2) is 7.63. The maximum absolute atomic E-state index is 13.8. The van der Waals surface area contributed by atoms with E-state index in [0.29, 0.717) is 0 Å². The number of nitrogens with one attached hydrogen (secondary N) is 2. The average molecular weight is 504 g/mol. The Morgan fingerprint density at radius 3 is 1.18 bits per heavy atom. The van der Waals surface area contributed by atoms with Gasteiger partial charge in [0.25, 0.3) is 0 Å². The number of methoxy groups -OCH3 is 2. The van der Waals surface area contributed by atoms with Crippen molar-refractivity contribution < 1.29 is 12.3 Å². The highest BCUT2D eigenvalue weighted by Crippen LogP contribution is 2.34. The van der Waals surface area contributed by atoms with Crippen molar-refractivity contribution in [2.24, 2.45) is 0 Å². The Kier molecular flexibility index (Phi) is 3.99. The molecule has 0 saturated carbocycles. The molecule has 7 rings (SSSR count). The fraction of sp³-hybridized carbons (Fsp3) is 0.0667. The van der Waals surface area contributed by atoms with Gasteiger partial charge in [-0.25, -0.2) is 0 Å². The summed E-state index contributed by atoms with van der Waals surface area (Å²) < 4.78 is 29.3. The molecule has 1 heterocycles. The molecule has 0 aliphatic carbocycles. The number of H-pyrrole nitrogens is 2. The highest BCUT2D eigenvalue weighted by molar-refractivity contribution is 6.17. The molecule has 6 aromatic carbocycles. The molecule has 2 N–H and O–H groups in total. The van der Waals surface area contributed by atoms with Crippen LogP contribution in [0.4, 0.5) is 0 Å². The minimum absolute atomic E-state index is 0.0100. The van der Waals surface area contributed by atoms with Gasteiger partial charge in [0.2, 0.25) is 0 Å². The molecule has 8 heteroatoms. The van der Waals surface area contributed by atoms with Gasteiger partial charge >= 0.3 is 0 Å². The Balaban J connectivity index is 1.86. The normalized spacial score (nSPS) is 12.6. The third-order valence-corrected chi connectivity index (χ3v) is 7.13. The molecule has 0 aliphatic rings. The first-order valence-corrected chi connectivity index (χ1v) is 11.7. The largest absolute Gasteiger partial charge is 0.496 e. The minimum atomic E-state index is -0.500. The van der Waals surface area contributed by atoms with Crippen LogP contribution in [-0.2, 0) is 0 Å². The molecule has 0 unspecified atom stereocenters. The van der Waals surface area contributed by atoms with Crippen LogP contribution in [0.15, 0.2) is 79.8 Å². The molecular formula is C30H18N2O6. The Morgan fingerprint density at radius 1 is 0.553 bits per heavy atom. The van der Waals surface area contributed by atoms with E-state index in [9.17, 15) is 19.2 Å². The van der Waals surface area contributed by atoms with Crippen LogP contribution >= 0.6 is 0 Å². The number of aromatic amines is 2. The summed E-state index contributed by atoms with van der Waals surface area (Å²) in [5.41, 5.74) is -1.87. The number of rotatable bonds is 2. The van der Waals surface area contributed by atoms with E-state index in [4.69, 9.17) is 12.3 Å². The van der Waals surface area contributed by atoms with Crippen LogP contribution in [0.5, 0.6) is 11.5 Å². The zero-order valence-electron chi connectivity index (χ0n) is 22.1. The van der Waals surface area contributed by atoms with Gasteiger partial charge in [-0.05, 0) is 0 Å². The molecule has 0 fully saturated rings. The molecule has 0 atom stereocenters. The molecule has 0 spiro atoms. The fourth-order valence-corrected chi connectivity index (χ4v) is 5.42. The van der Waals surface area contributed by atoms with Crippen LogP contribution < -0.4 is 31.2 Å². The van der Waals surface area contributed by atoms with Gasteiger partial charge in [0.15, 0.2) is 24.5 Å². The minimum Gasteiger partial charge on any atom is -0.496 e. The monoisotopic (exact) mass is 504 g/mol. The van der Waals surface area contributed by atoms with Gasteiger partial charge in [-0.1, -0.05) is 48.5 Å². The van der Waals surface area contributed by atoms with Gasteiger partial charge in [-0.15, -0.1) is 0 Å². The van der Waals surface area contributed by atoms with Crippen LogP contribution in [0.1, 0.15) is 0 Å². The van der Waals surface area contributed by atoms with Crippen molar-refractivity contribution in [2.75, 3.05) is 14.2 Å². The Labute approximate surface area is 214 Å². The van der Waals surface area contributed by atoms with Gasteiger partial charge in [0.1, 0.15) is 11.5 Å². The zero-order valence-corrected chi connectivity index (χ0v) is 20.1. The molecule has 8 nitrogen and oxygen atoms in total. The van der Waals surface area contributed by atoms with Gasteiger partial charge in [0.05, 0.1) is 57.8 Å². The molecular weight excluding hydrogens is 484 g/mol. The van der Waals surface area contributed by atoms with E-state index >= 15 is 0 Å². The van der Waals surface area contributed by atoms with E-state index in [0.717, 1.165) is 9.95 Å². The van der Waals surface area contributed by atoms with E-state index in [1.807, 2.05) is 0 Å². The number of fused-ring (bicyclic) bond motifs is 8. The average Bonchev–Trinajstić information content (AvgIpc) is 2.99. The van der Waals surface area contributed by atoms with Gasteiger partial charge < -0.3 is 19.4 Å². The summed E-state index contributed by atoms with van der Waals surface area (Å²) in [6.45, 7) is 0.